The number of rotatable bonds is 8. The number of aliphatic hydroxyl groups is 1. The fourth-order valence-electron chi connectivity index (χ4n) is 5.61. The van der Waals surface area contributed by atoms with Gasteiger partial charge in [0.1, 0.15) is 11.3 Å². The maximum Gasteiger partial charge on any atom is 0.371 e. The number of nitrogens with zero attached hydrogens (tertiary/aromatic N) is 5. The van der Waals surface area contributed by atoms with Gasteiger partial charge in [-0.05, 0) is 42.2 Å². The molecule has 0 atom stereocenters. The number of halogens is 3. The summed E-state index contributed by atoms with van der Waals surface area (Å²) < 4.78 is 8.49. The van der Waals surface area contributed by atoms with Gasteiger partial charge in [-0.25, -0.2) is 9.78 Å². The Kier molecular flexibility index (Phi) is 10.4. The van der Waals surface area contributed by atoms with E-state index in [-0.39, 0.29) is 48.2 Å². The quantitative estimate of drug-likeness (QED) is 0.212. The summed E-state index contributed by atoms with van der Waals surface area (Å²) in [6.45, 7) is 2.39. The van der Waals surface area contributed by atoms with Gasteiger partial charge in [0.05, 0.1) is 24.2 Å². The number of hydrogen-bond donors (Lipinski definition) is 3. The number of benzene rings is 2. The van der Waals surface area contributed by atoms with Crippen LogP contribution in [0.4, 0.5) is 0 Å². The van der Waals surface area contributed by atoms with Crippen LogP contribution in [0.3, 0.4) is 0 Å². The number of aromatic nitrogens is 4. The molecule has 3 aromatic heterocycles. The number of aromatic carboxylic acids is 1. The highest BCUT2D eigenvalue weighted by atomic mass is 35.5. The molecule has 2 aromatic carbocycles. The first-order chi connectivity index (χ1) is 20.6. The van der Waals surface area contributed by atoms with Crippen molar-refractivity contribution in [2.24, 2.45) is 12.8 Å². The highest BCUT2D eigenvalue weighted by Crippen LogP contribution is 2.31. The second-order valence-corrected chi connectivity index (χ2v) is 11.4. The molecule has 45 heavy (non-hydrogen) atoms. The molecule has 0 saturated carbocycles. The van der Waals surface area contributed by atoms with Crippen LogP contribution in [0.15, 0.2) is 70.1 Å². The summed E-state index contributed by atoms with van der Waals surface area (Å²) in [4.78, 5) is 31.3. The van der Waals surface area contributed by atoms with Gasteiger partial charge in [0.25, 0.3) is 5.56 Å². The monoisotopic (exact) mass is 674 g/mol. The molecule has 238 valence electrons. The Morgan fingerprint density at radius 2 is 1.73 bits per heavy atom. The summed E-state index contributed by atoms with van der Waals surface area (Å²) in [5.41, 5.74) is 9.38. The highest BCUT2D eigenvalue weighted by molar-refractivity contribution is 6.31. The molecule has 0 amide bonds. The van der Waals surface area contributed by atoms with Crippen molar-refractivity contribution in [3.05, 3.63) is 93.2 Å². The number of carboxylic acid groups (broad SMARTS) is 1. The summed E-state index contributed by atoms with van der Waals surface area (Å²) in [5.74, 6) is -0.829. The van der Waals surface area contributed by atoms with Crippen molar-refractivity contribution in [3.8, 4) is 22.6 Å². The fraction of sp³-hybridized carbons (Fsp3) is 0.290. The summed E-state index contributed by atoms with van der Waals surface area (Å²) in [6.07, 6.45) is 2.44. The van der Waals surface area contributed by atoms with E-state index >= 15 is 0 Å². The maximum atomic E-state index is 13.4. The number of likely N-dealkylation sites (tertiary alicyclic amines) is 1. The average molecular weight is 676 g/mol. The van der Waals surface area contributed by atoms with Crippen molar-refractivity contribution >= 4 is 53.4 Å². The number of piperidine rings is 1. The second kappa shape index (κ2) is 13.7. The molecule has 1 saturated heterocycles. The minimum Gasteiger partial charge on any atom is -0.475 e. The van der Waals surface area contributed by atoms with Gasteiger partial charge in [0.2, 0.25) is 5.76 Å². The molecule has 4 N–H and O–H groups in total. The van der Waals surface area contributed by atoms with E-state index in [1.54, 1.807) is 23.9 Å². The van der Waals surface area contributed by atoms with Gasteiger partial charge in [-0.3, -0.25) is 18.9 Å². The Morgan fingerprint density at radius 1 is 1.04 bits per heavy atom. The number of nitrogens with two attached hydrogens (primary N) is 1. The van der Waals surface area contributed by atoms with E-state index in [2.05, 4.69) is 15.0 Å². The van der Waals surface area contributed by atoms with Crippen LogP contribution in [0.5, 0.6) is 0 Å². The van der Waals surface area contributed by atoms with Crippen molar-refractivity contribution in [2.45, 2.75) is 38.1 Å². The molecule has 6 rings (SSSR count). The van der Waals surface area contributed by atoms with Gasteiger partial charge in [-0.2, -0.15) is 5.10 Å². The van der Waals surface area contributed by atoms with E-state index < -0.39 is 11.6 Å². The van der Waals surface area contributed by atoms with Crippen LogP contribution in [0.2, 0.25) is 5.02 Å². The Hall–Kier alpha value is -3.71. The molecule has 1 aliphatic heterocycles. The van der Waals surface area contributed by atoms with E-state index in [1.165, 1.54) is 17.0 Å². The molecular weight excluding hydrogens is 643 g/mol. The maximum absolute atomic E-state index is 13.4. The van der Waals surface area contributed by atoms with Crippen LogP contribution in [0, 0.1) is 0 Å². The highest BCUT2D eigenvalue weighted by Gasteiger charge is 2.33. The third-order valence-electron chi connectivity index (χ3n) is 8.07. The number of carboxylic acids is 1. The molecule has 1 aliphatic rings. The minimum atomic E-state index is -1.13. The van der Waals surface area contributed by atoms with Crippen LogP contribution in [0.25, 0.3) is 33.6 Å². The van der Waals surface area contributed by atoms with Crippen molar-refractivity contribution in [1.82, 2.24) is 24.2 Å². The van der Waals surface area contributed by atoms with Gasteiger partial charge in [0.15, 0.2) is 5.52 Å². The average Bonchev–Trinajstić information content (AvgIpc) is 3.62. The first-order valence-corrected chi connectivity index (χ1v) is 14.3. The van der Waals surface area contributed by atoms with Gasteiger partial charge in [-0.1, -0.05) is 48.0 Å². The molecule has 0 bridgehead atoms. The lowest BCUT2D eigenvalue weighted by Crippen LogP contribution is -2.47. The Morgan fingerprint density at radius 3 is 2.36 bits per heavy atom. The summed E-state index contributed by atoms with van der Waals surface area (Å²) in [6, 6.07) is 16.3. The normalized spacial score (nSPS) is 14.6. The second-order valence-electron chi connectivity index (χ2n) is 11.0. The zero-order valence-electron chi connectivity index (χ0n) is 24.4. The third-order valence-corrected chi connectivity index (χ3v) is 8.43. The number of hydrogen-bond acceptors (Lipinski definition) is 8. The molecule has 1 fully saturated rings. The topological polar surface area (TPSA) is 153 Å². The van der Waals surface area contributed by atoms with E-state index in [0.717, 1.165) is 22.4 Å². The largest absolute Gasteiger partial charge is 0.475 e. The fourth-order valence-corrected chi connectivity index (χ4v) is 5.85. The summed E-state index contributed by atoms with van der Waals surface area (Å²) in [7, 11) is 1.78. The standard InChI is InChI=1S/C31H31ClN6O5.2ClH/c1-36-28(20-4-2-19(15-33)3-5-20)26-27(35-36)29(39)38(18-34-26)17-31(42)10-12-37(13-11-31)16-22-7-6-21(14-23(22)32)24-8-9-25(43-24)30(40)41;;/h2-9,14,18,42H,10-13,15-17,33H2,1H3,(H,40,41);2*1H. The van der Waals surface area contributed by atoms with Crippen LogP contribution in [0.1, 0.15) is 34.5 Å². The summed E-state index contributed by atoms with van der Waals surface area (Å²) >= 11 is 6.57. The van der Waals surface area contributed by atoms with E-state index in [0.29, 0.717) is 60.9 Å². The Balaban J connectivity index is 0.00000230. The molecule has 0 aliphatic carbocycles. The molecule has 0 unspecified atom stereocenters. The lowest BCUT2D eigenvalue weighted by molar-refractivity contribution is -0.0364. The molecule has 11 nitrogen and oxygen atoms in total. The SMILES string of the molecule is Cl.Cl.Cn1nc2c(=O)n(CC3(O)CCN(Cc4ccc(-c5ccc(C(=O)O)o5)cc4Cl)CC3)cnc2c1-c1ccc(CN)cc1. The molecule has 14 heteroatoms. The Bertz CT molecular complexity index is 1880. The van der Waals surface area contributed by atoms with Gasteiger partial charge in [0, 0.05) is 49.4 Å². The molecule has 0 spiro atoms. The number of fused-ring (bicyclic) bond motifs is 1. The van der Waals surface area contributed by atoms with E-state index in [9.17, 15) is 14.7 Å². The zero-order valence-corrected chi connectivity index (χ0v) is 26.7. The minimum absolute atomic E-state index is 0. The van der Waals surface area contributed by atoms with Crippen molar-refractivity contribution in [1.29, 1.82) is 0 Å². The van der Waals surface area contributed by atoms with E-state index in [1.807, 2.05) is 36.4 Å². The zero-order chi connectivity index (χ0) is 30.3. The predicted octanol–water partition coefficient (Wildman–Crippen LogP) is 4.74. The van der Waals surface area contributed by atoms with Crippen molar-refractivity contribution in [2.75, 3.05) is 13.1 Å². The van der Waals surface area contributed by atoms with Gasteiger partial charge >= 0.3 is 5.97 Å². The summed E-state index contributed by atoms with van der Waals surface area (Å²) in [5, 5.41) is 25.5. The number of aryl methyl sites for hydroxylation is 1. The Labute approximate surface area is 276 Å². The van der Waals surface area contributed by atoms with Crippen molar-refractivity contribution in [3.63, 3.8) is 0 Å². The van der Waals surface area contributed by atoms with Crippen LogP contribution in [-0.4, -0.2) is 59.1 Å². The first-order valence-electron chi connectivity index (χ1n) is 13.9. The smallest absolute Gasteiger partial charge is 0.371 e. The molecule has 5 aromatic rings. The van der Waals surface area contributed by atoms with E-state index in [4.69, 9.17) is 26.9 Å². The van der Waals surface area contributed by atoms with Crippen molar-refractivity contribution < 1.29 is 19.4 Å². The van der Waals surface area contributed by atoms with Crippen LogP contribution in [-0.2, 0) is 26.7 Å². The predicted molar refractivity (Wildman–Crippen MR) is 176 cm³/mol. The number of furan rings is 1. The lowest BCUT2D eigenvalue weighted by atomic mass is 9.91. The molecular formula is C31H33Cl3N6O5. The van der Waals surface area contributed by atoms with Gasteiger partial charge in [-0.15, -0.1) is 24.8 Å². The van der Waals surface area contributed by atoms with Crippen LogP contribution >= 0.6 is 36.4 Å². The first kappa shape index (κ1) is 34.2. The third kappa shape index (κ3) is 6.94. The molecule has 4 heterocycles. The van der Waals surface area contributed by atoms with Gasteiger partial charge < -0.3 is 20.4 Å². The number of carbonyl (C=O) groups is 1. The lowest BCUT2D eigenvalue weighted by Gasteiger charge is -2.38. The van der Waals surface area contributed by atoms with Crippen LogP contribution < -0.4 is 11.3 Å². The molecule has 0 radical (unpaired) electrons.